The zero-order chi connectivity index (χ0) is 12.4. The van der Waals surface area contributed by atoms with Gasteiger partial charge in [-0.3, -0.25) is 10.5 Å². The van der Waals surface area contributed by atoms with E-state index in [0.717, 1.165) is 20.9 Å². The molecule has 0 unspecified atom stereocenters. The predicted octanol–water partition coefficient (Wildman–Crippen LogP) is 2.03. The highest BCUT2D eigenvalue weighted by molar-refractivity contribution is 14.0. The maximum absolute atomic E-state index is 11.4. The van der Waals surface area contributed by atoms with Crippen molar-refractivity contribution in [1.82, 2.24) is 0 Å². The molecule has 0 atom stereocenters. The molecule has 1 heterocycles. The molecule has 2 rings (SSSR count). The van der Waals surface area contributed by atoms with Gasteiger partial charge in [0.2, 0.25) is 0 Å². The molecule has 6 heteroatoms. The summed E-state index contributed by atoms with van der Waals surface area (Å²) in [5.74, 6) is -0.194. The van der Waals surface area contributed by atoms with Crippen LogP contribution in [0.15, 0.2) is 18.2 Å². The number of nitrogens with two attached hydrogens (primary N) is 1. The van der Waals surface area contributed by atoms with E-state index in [4.69, 9.17) is 10.5 Å². The van der Waals surface area contributed by atoms with Gasteiger partial charge in [0, 0.05) is 0 Å². The average molecular weight is 379 g/mol. The Hall–Kier alpha value is -0.890. The standard InChI is InChI=1S/C12H14N2O2S.HI/c1-3-16-11(15)7-8-4-5-9-10(6-8)17-12(13)14(9)2;/h4-6,13H,3,7H2,1-2H3;1H/p+1. The van der Waals surface area contributed by atoms with Gasteiger partial charge in [-0.2, -0.15) is 0 Å². The number of fused-ring (bicyclic) bond motifs is 1. The molecule has 4 nitrogen and oxygen atoms in total. The number of esters is 1. The first-order valence-corrected chi connectivity index (χ1v) is 6.26. The summed E-state index contributed by atoms with van der Waals surface area (Å²) in [5, 5.41) is 0.758. The largest absolute Gasteiger partial charge is 0.466 e. The molecule has 0 radical (unpaired) electrons. The van der Waals surface area contributed by atoms with Crippen molar-refractivity contribution in [2.24, 2.45) is 7.05 Å². The highest BCUT2D eigenvalue weighted by atomic mass is 127. The molecular weight excluding hydrogens is 363 g/mol. The Balaban J connectivity index is 0.00000162. The van der Waals surface area contributed by atoms with Crippen molar-refractivity contribution < 1.29 is 14.1 Å². The first-order chi connectivity index (χ1) is 8.11. The number of aromatic nitrogens is 1. The molecule has 0 aliphatic heterocycles. The molecule has 98 valence electrons. The minimum atomic E-state index is -0.194. The summed E-state index contributed by atoms with van der Waals surface area (Å²) in [6.07, 6.45) is 0.311. The normalized spacial score (nSPS) is 10.1. The fraction of sp³-hybridized carbons (Fsp3) is 0.333. The lowest BCUT2D eigenvalue weighted by molar-refractivity contribution is -0.626. The van der Waals surface area contributed by atoms with Crippen LogP contribution < -0.4 is 10.3 Å². The van der Waals surface area contributed by atoms with E-state index in [1.165, 1.54) is 11.3 Å². The highest BCUT2D eigenvalue weighted by Crippen LogP contribution is 2.22. The van der Waals surface area contributed by atoms with E-state index in [9.17, 15) is 4.79 Å². The third-order valence-electron chi connectivity index (χ3n) is 2.58. The lowest BCUT2D eigenvalue weighted by Gasteiger charge is -2.01. The van der Waals surface area contributed by atoms with Crippen LogP contribution in [-0.4, -0.2) is 12.6 Å². The number of thiazole rings is 1. The monoisotopic (exact) mass is 379 g/mol. The van der Waals surface area contributed by atoms with Gasteiger partial charge in [0.1, 0.15) is 5.52 Å². The van der Waals surface area contributed by atoms with E-state index in [0.29, 0.717) is 13.0 Å². The lowest BCUT2D eigenvalue weighted by atomic mass is 10.1. The number of anilines is 1. The molecule has 2 aromatic rings. The molecule has 18 heavy (non-hydrogen) atoms. The summed E-state index contributed by atoms with van der Waals surface area (Å²) in [6.45, 7) is 2.23. The molecule has 1 aromatic heterocycles. The maximum Gasteiger partial charge on any atom is 0.332 e. The molecule has 1 aromatic carbocycles. The quantitative estimate of drug-likeness (QED) is 0.505. The van der Waals surface area contributed by atoms with Gasteiger partial charge in [-0.05, 0) is 36.0 Å². The Morgan fingerprint density at radius 2 is 2.22 bits per heavy atom. The van der Waals surface area contributed by atoms with Crippen LogP contribution in [0.5, 0.6) is 0 Å². The Bertz CT molecular complexity index is 568. The SMILES string of the molecule is CCOC(=O)Cc1ccc2c(c1)sc(N)[n+]2C.I. The van der Waals surface area contributed by atoms with Crippen LogP contribution in [0.1, 0.15) is 12.5 Å². The topological polar surface area (TPSA) is 56.2 Å². The van der Waals surface area contributed by atoms with Crippen LogP contribution >= 0.6 is 35.3 Å². The fourth-order valence-electron chi connectivity index (χ4n) is 1.71. The smallest absolute Gasteiger partial charge is 0.332 e. The predicted molar refractivity (Wildman–Crippen MR) is 83.2 cm³/mol. The summed E-state index contributed by atoms with van der Waals surface area (Å²) in [4.78, 5) is 11.4. The Kier molecular flexibility index (Phi) is 5.33. The lowest BCUT2D eigenvalue weighted by Crippen LogP contribution is -2.29. The molecule has 0 aliphatic carbocycles. The highest BCUT2D eigenvalue weighted by Gasteiger charge is 2.12. The van der Waals surface area contributed by atoms with Crippen LogP contribution in [0.25, 0.3) is 10.2 Å². The van der Waals surface area contributed by atoms with Crippen molar-refractivity contribution in [3.63, 3.8) is 0 Å². The fourth-order valence-corrected chi connectivity index (χ4v) is 2.69. The van der Waals surface area contributed by atoms with Gasteiger partial charge in [0.25, 0.3) is 0 Å². The van der Waals surface area contributed by atoms with Gasteiger partial charge in [0.15, 0.2) is 0 Å². The van der Waals surface area contributed by atoms with E-state index in [1.807, 2.05) is 29.8 Å². The number of halogens is 1. The zero-order valence-corrected chi connectivity index (χ0v) is 13.5. The average Bonchev–Trinajstić information content (AvgIpc) is 2.55. The van der Waals surface area contributed by atoms with E-state index >= 15 is 0 Å². The molecule has 0 saturated carbocycles. The van der Waals surface area contributed by atoms with Crippen LogP contribution in [-0.2, 0) is 23.0 Å². The molecule has 0 fully saturated rings. The van der Waals surface area contributed by atoms with Crippen LogP contribution in [0.4, 0.5) is 5.13 Å². The van der Waals surface area contributed by atoms with Gasteiger partial charge in [-0.25, -0.2) is 4.57 Å². The molecule has 0 saturated heterocycles. The van der Waals surface area contributed by atoms with Crippen LogP contribution in [0.3, 0.4) is 0 Å². The number of rotatable bonds is 3. The number of nitrogens with zero attached hydrogens (tertiary/aromatic N) is 1. The van der Waals surface area contributed by atoms with Crippen molar-refractivity contribution in [3.05, 3.63) is 23.8 Å². The zero-order valence-electron chi connectivity index (χ0n) is 10.3. The van der Waals surface area contributed by atoms with Gasteiger partial charge in [-0.1, -0.05) is 6.07 Å². The third kappa shape index (κ3) is 3.11. The number of hydrogen-bond donors (Lipinski definition) is 1. The molecule has 0 spiro atoms. The minimum absolute atomic E-state index is 0. The maximum atomic E-state index is 11.4. The third-order valence-corrected chi connectivity index (χ3v) is 3.61. The van der Waals surface area contributed by atoms with Crippen LogP contribution in [0.2, 0.25) is 0 Å². The number of ether oxygens (including phenoxy) is 1. The van der Waals surface area contributed by atoms with Gasteiger partial charge in [0.05, 0.1) is 24.8 Å². The molecule has 0 amide bonds. The van der Waals surface area contributed by atoms with Crippen molar-refractivity contribution >= 4 is 56.6 Å². The second kappa shape index (κ2) is 6.33. The number of benzene rings is 1. The minimum Gasteiger partial charge on any atom is -0.466 e. The van der Waals surface area contributed by atoms with Gasteiger partial charge in [-0.15, -0.1) is 24.0 Å². The van der Waals surface area contributed by atoms with Gasteiger partial charge >= 0.3 is 11.1 Å². The first kappa shape index (κ1) is 15.2. The van der Waals surface area contributed by atoms with Crippen molar-refractivity contribution in [3.8, 4) is 0 Å². The number of nitrogen functional groups attached to an aromatic ring is 1. The molecule has 0 aliphatic rings. The van der Waals surface area contributed by atoms with E-state index in [-0.39, 0.29) is 29.9 Å². The van der Waals surface area contributed by atoms with Crippen molar-refractivity contribution in [2.45, 2.75) is 13.3 Å². The summed E-state index contributed by atoms with van der Waals surface area (Å²) in [5.41, 5.74) is 7.88. The number of aryl methyl sites for hydroxylation is 1. The number of carbonyl (C=O) groups is 1. The first-order valence-electron chi connectivity index (χ1n) is 5.44. The second-order valence-corrected chi connectivity index (χ2v) is 4.85. The summed E-state index contributed by atoms with van der Waals surface area (Å²) in [6, 6.07) is 5.91. The summed E-state index contributed by atoms with van der Waals surface area (Å²) >= 11 is 1.52. The molecular formula is C12H16IN2O2S+. The van der Waals surface area contributed by atoms with E-state index < -0.39 is 0 Å². The van der Waals surface area contributed by atoms with Crippen molar-refractivity contribution in [1.29, 1.82) is 0 Å². The molecule has 2 N–H and O–H groups in total. The van der Waals surface area contributed by atoms with Gasteiger partial charge < -0.3 is 4.74 Å². The Morgan fingerprint density at radius 3 is 2.89 bits per heavy atom. The Morgan fingerprint density at radius 1 is 1.50 bits per heavy atom. The summed E-state index contributed by atoms with van der Waals surface area (Å²) < 4.78 is 7.95. The van der Waals surface area contributed by atoms with E-state index in [2.05, 4.69) is 0 Å². The van der Waals surface area contributed by atoms with Crippen molar-refractivity contribution in [2.75, 3.05) is 12.3 Å². The summed E-state index contributed by atoms with van der Waals surface area (Å²) in [7, 11) is 1.93. The van der Waals surface area contributed by atoms with Crippen LogP contribution in [0, 0.1) is 0 Å². The molecule has 0 bridgehead atoms. The number of hydrogen-bond acceptors (Lipinski definition) is 4. The number of carbonyl (C=O) groups excluding carboxylic acids is 1. The second-order valence-electron chi connectivity index (χ2n) is 3.78. The Labute approximate surface area is 127 Å². The van der Waals surface area contributed by atoms with E-state index in [1.54, 1.807) is 6.92 Å².